The molecule has 10 nitrogen and oxygen atoms in total. The first-order valence-corrected chi connectivity index (χ1v) is 14.6. The third-order valence-electron chi connectivity index (χ3n) is 6.36. The van der Waals surface area contributed by atoms with E-state index in [4.69, 9.17) is 4.74 Å². The summed E-state index contributed by atoms with van der Waals surface area (Å²) in [5.41, 5.74) is 1.64. The number of carbonyl (C=O) groups is 1. The van der Waals surface area contributed by atoms with Gasteiger partial charge in [0.1, 0.15) is 18.4 Å². The second-order valence-electron chi connectivity index (χ2n) is 10.2. The van der Waals surface area contributed by atoms with Crippen molar-refractivity contribution >= 4 is 16.1 Å². The number of hydrogen-bond donors (Lipinski definition) is 2. The van der Waals surface area contributed by atoms with E-state index in [1.165, 1.54) is 0 Å². The molecule has 226 valence electrons. The van der Waals surface area contributed by atoms with Crippen LogP contribution in [-0.4, -0.2) is 55.5 Å². The number of benzene rings is 3. The van der Waals surface area contributed by atoms with Crippen LogP contribution in [0.2, 0.25) is 0 Å². The Morgan fingerprint density at radius 3 is 2.31 bits per heavy atom. The molecule has 3 aromatic rings. The molecule has 0 bridgehead atoms. The van der Waals surface area contributed by atoms with E-state index >= 15 is 0 Å². The van der Waals surface area contributed by atoms with Crippen LogP contribution in [0.3, 0.4) is 0 Å². The molecule has 0 radical (unpaired) electrons. The van der Waals surface area contributed by atoms with E-state index in [2.05, 4.69) is 14.8 Å². The second-order valence-corrected chi connectivity index (χ2v) is 12.2. The number of nitrogens with one attached hydrogen (secondary N) is 1. The third-order valence-corrected chi connectivity index (χ3v) is 8.19. The molecule has 4 rings (SSSR count). The smallest absolute Gasteiger partial charge is 0.530 e. The summed E-state index contributed by atoms with van der Waals surface area (Å²) in [5.74, 6) is -0.368. The minimum atomic E-state index is -4.33. The Kier molecular flexibility index (Phi) is 9.54. The first kappa shape index (κ1) is 31.0. The predicted octanol–water partition coefficient (Wildman–Crippen LogP) is 3.14. The lowest BCUT2D eigenvalue weighted by atomic mass is 10.0. The maximum atomic E-state index is 13.5. The fourth-order valence-corrected chi connectivity index (χ4v) is 6.04. The lowest BCUT2D eigenvalue weighted by Gasteiger charge is -2.31. The third kappa shape index (κ3) is 8.08. The van der Waals surface area contributed by atoms with Gasteiger partial charge in [-0.25, -0.2) is 8.42 Å². The molecule has 0 unspecified atom stereocenters. The van der Waals surface area contributed by atoms with Gasteiger partial charge in [-0.05, 0) is 47.7 Å². The maximum Gasteiger partial charge on any atom is 0.586 e. The highest BCUT2D eigenvalue weighted by molar-refractivity contribution is 7.89. The van der Waals surface area contributed by atoms with E-state index < -0.39 is 46.9 Å². The van der Waals surface area contributed by atoms with Gasteiger partial charge in [0, 0.05) is 19.2 Å². The molecular weight excluding hydrogens is 574 g/mol. The lowest BCUT2D eigenvalue weighted by molar-refractivity contribution is -0.286. The Hall–Kier alpha value is -3.94. The van der Waals surface area contributed by atoms with Crippen molar-refractivity contribution in [3.05, 3.63) is 83.9 Å². The summed E-state index contributed by atoms with van der Waals surface area (Å²) in [7, 11) is -4.33. The summed E-state index contributed by atoms with van der Waals surface area (Å²) in [4.78, 5) is 11.1. The fourth-order valence-electron chi connectivity index (χ4n) is 4.40. The molecule has 0 saturated heterocycles. The highest BCUT2D eigenvalue weighted by atomic mass is 32.2. The topological polar surface area (TPSA) is 137 Å². The molecule has 0 aliphatic carbocycles. The number of aliphatic hydroxyl groups is 1. The van der Waals surface area contributed by atoms with Crippen LogP contribution in [0, 0.1) is 5.92 Å². The quantitative estimate of drug-likeness (QED) is 0.303. The van der Waals surface area contributed by atoms with Crippen LogP contribution in [0.1, 0.15) is 25.0 Å². The molecule has 0 spiro atoms. The van der Waals surface area contributed by atoms with Gasteiger partial charge in [0.2, 0.25) is 10.0 Å². The number of sulfonamides is 1. The van der Waals surface area contributed by atoms with E-state index in [1.807, 2.05) is 30.3 Å². The van der Waals surface area contributed by atoms with E-state index in [1.54, 1.807) is 38.1 Å². The van der Waals surface area contributed by atoms with Gasteiger partial charge in [-0.1, -0.05) is 56.3 Å². The summed E-state index contributed by atoms with van der Waals surface area (Å²) in [6.45, 7) is 3.34. The van der Waals surface area contributed by atoms with Gasteiger partial charge in [0.15, 0.2) is 11.5 Å². The highest BCUT2D eigenvalue weighted by Crippen LogP contribution is 2.42. The number of amides is 1. The average molecular weight is 606 g/mol. The van der Waals surface area contributed by atoms with Crippen molar-refractivity contribution in [1.82, 2.24) is 9.62 Å². The molecule has 0 aromatic heterocycles. The summed E-state index contributed by atoms with van der Waals surface area (Å²) >= 11 is 0. The standard InChI is InChI=1S/C29H32F2N2O8S/c1-19(2)16-33(42(37,38)23-12-13-26-27(15-23)41-29(30,31)40-26)17-25(34)24(32-28(35)36)14-20-8-10-22(11-9-20)39-18-21-6-4-3-5-7-21/h3-13,15,19,24-25,32,34H,14,16-18H2,1-2H3,(H,35,36)/p-1/t24-,25+/m0/s1. The Bertz CT molecular complexity index is 1470. The Morgan fingerprint density at radius 2 is 1.67 bits per heavy atom. The van der Waals surface area contributed by atoms with Gasteiger partial charge in [-0.3, -0.25) is 0 Å². The van der Waals surface area contributed by atoms with Crippen LogP contribution < -0.4 is 24.6 Å². The van der Waals surface area contributed by atoms with E-state index in [0.29, 0.717) is 17.9 Å². The largest absolute Gasteiger partial charge is 0.586 e. The van der Waals surface area contributed by atoms with Crippen molar-refractivity contribution in [2.45, 2.75) is 50.2 Å². The summed E-state index contributed by atoms with van der Waals surface area (Å²) < 4.78 is 69.5. The van der Waals surface area contributed by atoms with Crippen molar-refractivity contribution in [2.24, 2.45) is 5.92 Å². The average Bonchev–Trinajstić information content (AvgIpc) is 3.25. The molecule has 1 aliphatic rings. The molecule has 0 fully saturated rings. The van der Waals surface area contributed by atoms with E-state index in [-0.39, 0.29) is 29.5 Å². The first-order chi connectivity index (χ1) is 19.8. The predicted molar refractivity (Wildman–Crippen MR) is 145 cm³/mol. The van der Waals surface area contributed by atoms with Gasteiger partial charge in [-0.2, -0.15) is 4.31 Å². The van der Waals surface area contributed by atoms with Crippen molar-refractivity contribution in [3.63, 3.8) is 0 Å². The second kappa shape index (κ2) is 12.9. The minimum absolute atomic E-state index is 0.0167. The molecule has 1 heterocycles. The van der Waals surface area contributed by atoms with Crippen LogP contribution in [0.25, 0.3) is 0 Å². The van der Waals surface area contributed by atoms with E-state index in [0.717, 1.165) is 28.1 Å². The van der Waals surface area contributed by atoms with Crippen LogP contribution in [0.5, 0.6) is 17.2 Å². The van der Waals surface area contributed by atoms with Crippen LogP contribution >= 0.6 is 0 Å². The van der Waals surface area contributed by atoms with Crippen molar-refractivity contribution in [3.8, 4) is 17.2 Å². The number of fused-ring (bicyclic) bond motifs is 1. The maximum absolute atomic E-state index is 13.5. The van der Waals surface area contributed by atoms with Gasteiger partial charge in [0.05, 0.1) is 17.0 Å². The van der Waals surface area contributed by atoms with Crippen LogP contribution in [-0.2, 0) is 23.1 Å². The number of ether oxygens (including phenoxy) is 3. The number of hydrogen-bond acceptors (Lipinski definition) is 8. The normalized spacial score (nSPS) is 15.4. The highest BCUT2D eigenvalue weighted by Gasteiger charge is 2.44. The van der Waals surface area contributed by atoms with Crippen molar-refractivity contribution in [1.29, 1.82) is 0 Å². The zero-order chi connectivity index (χ0) is 30.5. The molecule has 3 aromatic carbocycles. The lowest BCUT2D eigenvalue weighted by Crippen LogP contribution is -2.53. The number of carboxylic acid groups (broad SMARTS) is 1. The Morgan fingerprint density at radius 1 is 1.00 bits per heavy atom. The number of carbonyl (C=O) groups excluding carboxylic acids is 1. The molecule has 13 heteroatoms. The van der Waals surface area contributed by atoms with Gasteiger partial charge in [0.25, 0.3) is 0 Å². The first-order valence-electron chi connectivity index (χ1n) is 13.1. The van der Waals surface area contributed by atoms with Crippen LogP contribution in [0.4, 0.5) is 13.6 Å². The molecule has 1 aliphatic heterocycles. The number of halogens is 2. The molecule has 2 N–H and O–H groups in total. The van der Waals surface area contributed by atoms with Crippen molar-refractivity contribution < 1.29 is 46.4 Å². The summed E-state index contributed by atoms with van der Waals surface area (Å²) in [5, 5.41) is 24.7. The van der Waals surface area contributed by atoms with Gasteiger partial charge in [-0.15, -0.1) is 8.78 Å². The molecule has 42 heavy (non-hydrogen) atoms. The van der Waals surface area contributed by atoms with Crippen LogP contribution in [0.15, 0.2) is 77.7 Å². The summed E-state index contributed by atoms with van der Waals surface area (Å²) in [6.07, 6.45) is -7.04. The molecule has 2 atom stereocenters. The Balaban J connectivity index is 1.48. The van der Waals surface area contributed by atoms with Gasteiger partial charge < -0.3 is 34.5 Å². The fraction of sp³-hybridized carbons (Fsp3) is 0.345. The van der Waals surface area contributed by atoms with E-state index in [9.17, 15) is 32.2 Å². The molecular formula is C29H31F2N2O8S-. The molecule has 0 saturated carbocycles. The Labute approximate surface area is 242 Å². The number of nitrogens with zero attached hydrogens (tertiary/aromatic N) is 1. The van der Waals surface area contributed by atoms with Gasteiger partial charge >= 0.3 is 6.29 Å². The number of alkyl halides is 2. The zero-order valence-electron chi connectivity index (χ0n) is 22.9. The zero-order valence-corrected chi connectivity index (χ0v) is 23.7. The number of rotatable bonds is 13. The monoisotopic (exact) mass is 605 g/mol. The van der Waals surface area contributed by atoms with Crippen molar-refractivity contribution in [2.75, 3.05) is 13.1 Å². The summed E-state index contributed by atoms with van der Waals surface area (Å²) in [6, 6.07) is 18.3. The minimum Gasteiger partial charge on any atom is -0.530 e. The SMILES string of the molecule is CC(C)CN(C[C@@H](O)[C@H](Cc1ccc(OCc2ccccc2)cc1)NC(=O)[O-])S(=O)(=O)c1ccc2c(c1)OC(F)(F)O2. The molecule has 1 amide bonds. The number of aliphatic hydroxyl groups excluding tert-OH is 1.